The summed E-state index contributed by atoms with van der Waals surface area (Å²) in [6.07, 6.45) is 4.84. The molecule has 2 aromatic heterocycles. The van der Waals surface area contributed by atoms with Gasteiger partial charge in [-0.1, -0.05) is 12.1 Å². The Labute approximate surface area is 212 Å². The Balaban J connectivity index is 1.41. The quantitative estimate of drug-likeness (QED) is 0.154. The molecule has 0 radical (unpaired) electrons. The number of benzene rings is 1. The van der Waals surface area contributed by atoms with Crippen molar-refractivity contribution < 1.29 is 0 Å². The molecule has 4 rings (SSSR count). The monoisotopic (exact) mass is 493 g/mol. The molecule has 10 heteroatoms. The predicted molar refractivity (Wildman–Crippen MR) is 145 cm³/mol. The molecule has 3 aromatic rings. The normalized spacial score (nSPS) is 17.9. The molecule has 1 saturated heterocycles. The van der Waals surface area contributed by atoms with Crippen LogP contribution in [-0.4, -0.2) is 64.2 Å². The number of H-pyrrole nitrogens is 1. The number of aromatic amines is 1. The second kappa shape index (κ2) is 11.7. The summed E-state index contributed by atoms with van der Waals surface area (Å²) in [4.78, 5) is 27.0. The standard InChI is InChI=1S/C26H39N9O/c1-17(27)8-12-34-13-9-20(15-34)23-14-21-16-35(26(36)33-24(21)32-23)22-6-4-19(5-7-22)18(2)30-10-3-11-31-25(28)29/h4-7,14,16-18,20,30H,3,8-13,15,27H2,1-2H3,(H4,28,29,31)(H,32,33,36)/t17-,18-,20+/m0/s1. The maximum absolute atomic E-state index is 12.8. The van der Waals surface area contributed by atoms with Crippen molar-refractivity contribution >= 4 is 17.0 Å². The van der Waals surface area contributed by atoms with E-state index in [1.165, 1.54) is 0 Å². The Morgan fingerprint density at radius 2 is 2.06 bits per heavy atom. The minimum absolute atomic E-state index is 0.121. The molecule has 0 amide bonds. The predicted octanol–water partition coefficient (Wildman–Crippen LogP) is 1.55. The first-order valence-corrected chi connectivity index (χ1v) is 12.8. The summed E-state index contributed by atoms with van der Waals surface area (Å²) in [5, 5.41) is 4.41. The van der Waals surface area contributed by atoms with Gasteiger partial charge in [0.2, 0.25) is 0 Å². The Kier molecular flexibility index (Phi) is 8.40. The molecule has 8 N–H and O–H groups in total. The Morgan fingerprint density at radius 3 is 2.78 bits per heavy atom. The third-order valence-corrected chi connectivity index (χ3v) is 6.89. The highest BCUT2D eigenvalue weighted by Gasteiger charge is 2.25. The summed E-state index contributed by atoms with van der Waals surface area (Å²) in [6.45, 7) is 8.68. The lowest BCUT2D eigenvalue weighted by Crippen LogP contribution is -2.27. The summed E-state index contributed by atoms with van der Waals surface area (Å²) in [5.74, 6) is 0.541. The lowest BCUT2D eigenvalue weighted by atomic mass is 10.1. The van der Waals surface area contributed by atoms with Crippen LogP contribution in [0.3, 0.4) is 0 Å². The van der Waals surface area contributed by atoms with Crippen molar-refractivity contribution in [3.63, 3.8) is 0 Å². The number of hydrogen-bond donors (Lipinski definition) is 5. The Bertz CT molecular complexity index is 1220. The van der Waals surface area contributed by atoms with Gasteiger partial charge in [0.05, 0.1) is 5.69 Å². The van der Waals surface area contributed by atoms with E-state index >= 15 is 0 Å². The summed E-state index contributed by atoms with van der Waals surface area (Å²) in [6, 6.07) is 10.5. The van der Waals surface area contributed by atoms with E-state index < -0.39 is 0 Å². The van der Waals surface area contributed by atoms with Gasteiger partial charge in [-0.05, 0) is 76.5 Å². The number of aliphatic imine (C=N–C) groups is 1. The zero-order valence-electron chi connectivity index (χ0n) is 21.3. The fraction of sp³-hybridized carbons (Fsp3) is 0.500. The summed E-state index contributed by atoms with van der Waals surface area (Å²) >= 11 is 0. The lowest BCUT2D eigenvalue weighted by Gasteiger charge is -2.16. The van der Waals surface area contributed by atoms with E-state index in [0.29, 0.717) is 18.1 Å². The molecule has 0 bridgehead atoms. The highest BCUT2D eigenvalue weighted by atomic mass is 16.1. The van der Waals surface area contributed by atoms with Crippen LogP contribution in [0.15, 0.2) is 46.3 Å². The average molecular weight is 494 g/mol. The van der Waals surface area contributed by atoms with Gasteiger partial charge in [0.25, 0.3) is 0 Å². The second-order valence-corrected chi connectivity index (χ2v) is 9.90. The number of nitrogens with one attached hydrogen (secondary N) is 2. The van der Waals surface area contributed by atoms with E-state index in [-0.39, 0.29) is 23.7 Å². The topological polar surface area (TPSA) is 156 Å². The fourth-order valence-corrected chi connectivity index (χ4v) is 4.74. The largest absolute Gasteiger partial charge is 0.370 e. The molecule has 0 unspecified atom stereocenters. The molecule has 0 spiro atoms. The van der Waals surface area contributed by atoms with E-state index in [1.54, 1.807) is 4.57 Å². The molecule has 194 valence electrons. The highest BCUT2D eigenvalue weighted by molar-refractivity contribution is 5.76. The van der Waals surface area contributed by atoms with Crippen molar-refractivity contribution in [1.82, 2.24) is 24.8 Å². The minimum atomic E-state index is -0.292. The van der Waals surface area contributed by atoms with Gasteiger partial charge in [-0.2, -0.15) is 4.98 Å². The number of fused-ring (bicyclic) bond motifs is 1. The molecule has 3 heterocycles. The van der Waals surface area contributed by atoms with Gasteiger partial charge in [-0.15, -0.1) is 0 Å². The van der Waals surface area contributed by atoms with E-state index in [2.05, 4.69) is 45.1 Å². The first kappa shape index (κ1) is 25.9. The maximum atomic E-state index is 12.8. The van der Waals surface area contributed by atoms with Gasteiger partial charge in [-0.25, -0.2) is 4.79 Å². The molecule has 10 nitrogen and oxygen atoms in total. The molecule has 1 aliphatic rings. The number of likely N-dealkylation sites (tertiary alicyclic amines) is 1. The van der Waals surface area contributed by atoms with Gasteiger partial charge in [0.1, 0.15) is 5.65 Å². The van der Waals surface area contributed by atoms with Crippen molar-refractivity contribution in [3.8, 4) is 5.69 Å². The van der Waals surface area contributed by atoms with Gasteiger partial charge in [0.15, 0.2) is 5.96 Å². The number of guanidine groups is 1. The average Bonchev–Trinajstić information content (AvgIpc) is 3.48. The first-order valence-electron chi connectivity index (χ1n) is 12.8. The van der Waals surface area contributed by atoms with Gasteiger partial charge >= 0.3 is 5.69 Å². The number of nitrogens with two attached hydrogens (primary N) is 3. The second-order valence-electron chi connectivity index (χ2n) is 9.90. The number of aromatic nitrogens is 3. The number of nitrogens with zero attached hydrogens (tertiary/aromatic N) is 4. The van der Waals surface area contributed by atoms with Crippen molar-refractivity contribution in [3.05, 3.63) is 58.3 Å². The van der Waals surface area contributed by atoms with Crippen LogP contribution < -0.4 is 28.2 Å². The van der Waals surface area contributed by atoms with Crippen molar-refractivity contribution in [2.75, 3.05) is 32.7 Å². The molecule has 0 aliphatic carbocycles. The summed E-state index contributed by atoms with van der Waals surface area (Å²) in [5.41, 5.74) is 20.1. The van der Waals surface area contributed by atoms with E-state index in [1.807, 2.05) is 30.5 Å². The van der Waals surface area contributed by atoms with Crippen LogP contribution in [0.4, 0.5) is 0 Å². The van der Waals surface area contributed by atoms with Gasteiger partial charge < -0.3 is 32.4 Å². The van der Waals surface area contributed by atoms with E-state index in [4.69, 9.17) is 17.2 Å². The maximum Gasteiger partial charge on any atom is 0.354 e. The molecule has 1 aliphatic heterocycles. The molecular weight excluding hydrogens is 454 g/mol. The first-order chi connectivity index (χ1) is 17.3. The van der Waals surface area contributed by atoms with Crippen molar-refractivity contribution in [1.29, 1.82) is 0 Å². The lowest BCUT2D eigenvalue weighted by molar-refractivity contribution is 0.320. The zero-order chi connectivity index (χ0) is 25.7. The van der Waals surface area contributed by atoms with Gasteiger partial charge in [0, 0.05) is 48.4 Å². The van der Waals surface area contributed by atoms with Crippen molar-refractivity contribution in [2.45, 2.75) is 51.1 Å². The molecule has 1 aromatic carbocycles. The molecule has 1 fully saturated rings. The van der Waals surface area contributed by atoms with E-state index in [0.717, 1.165) is 67.8 Å². The molecule has 0 saturated carbocycles. The van der Waals surface area contributed by atoms with Crippen LogP contribution in [0.5, 0.6) is 0 Å². The zero-order valence-corrected chi connectivity index (χ0v) is 21.3. The Hall–Kier alpha value is -3.21. The van der Waals surface area contributed by atoms with Crippen molar-refractivity contribution in [2.24, 2.45) is 22.2 Å². The van der Waals surface area contributed by atoms with Crippen LogP contribution in [0.25, 0.3) is 16.7 Å². The summed E-state index contributed by atoms with van der Waals surface area (Å²) in [7, 11) is 0. The highest BCUT2D eigenvalue weighted by Crippen LogP contribution is 2.28. The molecular formula is C26H39N9O. The molecule has 36 heavy (non-hydrogen) atoms. The van der Waals surface area contributed by atoms with Crippen LogP contribution in [0, 0.1) is 0 Å². The van der Waals surface area contributed by atoms with Crippen LogP contribution in [-0.2, 0) is 0 Å². The fourth-order valence-electron chi connectivity index (χ4n) is 4.74. The smallest absolute Gasteiger partial charge is 0.354 e. The Morgan fingerprint density at radius 1 is 1.28 bits per heavy atom. The third kappa shape index (κ3) is 6.51. The van der Waals surface area contributed by atoms with Crippen LogP contribution in [0.1, 0.15) is 56.3 Å². The summed E-state index contributed by atoms with van der Waals surface area (Å²) < 4.78 is 1.61. The third-order valence-electron chi connectivity index (χ3n) is 6.89. The van der Waals surface area contributed by atoms with Crippen LogP contribution >= 0.6 is 0 Å². The van der Waals surface area contributed by atoms with E-state index in [9.17, 15) is 4.79 Å². The van der Waals surface area contributed by atoms with Gasteiger partial charge in [-0.3, -0.25) is 9.56 Å². The molecule has 3 atom stereocenters. The SMILES string of the molecule is C[C@H](N)CCN1CC[C@@H](c2cc3cn(-c4ccc([C@H](C)NCCCN=C(N)N)cc4)c(=O)nc3[nH]2)C1. The number of rotatable bonds is 11. The number of hydrogen-bond acceptors (Lipinski definition) is 6. The minimum Gasteiger partial charge on any atom is -0.370 e. The van der Waals surface area contributed by atoms with Crippen LogP contribution in [0.2, 0.25) is 0 Å².